The summed E-state index contributed by atoms with van der Waals surface area (Å²) in [5, 5.41) is 3.70. The van der Waals surface area contributed by atoms with E-state index in [-0.39, 0.29) is 0 Å². The SMILES string of the molecule is CC(C1CCCC1)N1CCC(CNC2CC2)C1. The molecule has 1 aliphatic heterocycles. The summed E-state index contributed by atoms with van der Waals surface area (Å²) in [5.74, 6) is 1.93. The van der Waals surface area contributed by atoms with Crippen molar-refractivity contribution in [2.75, 3.05) is 19.6 Å². The number of hydrogen-bond acceptors (Lipinski definition) is 2. The van der Waals surface area contributed by atoms with Gasteiger partial charge in [0.05, 0.1) is 0 Å². The molecule has 17 heavy (non-hydrogen) atoms. The van der Waals surface area contributed by atoms with Gasteiger partial charge in [0.2, 0.25) is 0 Å². The van der Waals surface area contributed by atoms with Gasteiger partial charge in [-0.3, -0.25) is 0 Å². The van der Waals surface area contributed by atoms with Crippen LogP contribution in [0.1, 0.15) is 51.9 Å². The average Bonchev–Trinajstić information content (AvgIpc) is 2.86. The van der Waals surface area contributed by atoms with Crippen molar-refractivity contribution in [1.82, 2.24) is 10.2 Å². The lowest BCUT2D eigenvalue weighted by Gasteiger charge is -2.29. The zero-order valence-electron chi connectivity index (χ0n) is 11.3. The van der Waals surface area contributed by atoms with Crippen LogP contribution >= 0.6 is 0 Å². The van der Waals surface area contributed by atoms with E-state index in [0.29, 0.717) is 0 Å². The molecule has 2 atom stereocenters. The first kappa shape index (κ1) is 12.0. The summed E-state index contributed by atoms with van der Waals surface area (Å²) in [7, 11) is 0. The zero-order chi connectivity index (χ0) is 11.7. The summed E-state index contributed by atoms with van der Waals surface area (Å²) in [6, 6.07) is 1.74. The third kappa shape index (κ3) is 3.03. The van der Waals surface area contributed by atoms with Crippen molar-refractivity contribution in [3.8, 4) is 0 Å². The lowest BCUT2D eigenvalue weighted by Crippen LogP contribution is -2.37. The molecule has 0 aromatic heterocycles. The Morgan fingerprint density at radius 3 is 2.59 bits per heavy atom. The molecule has 1 saturated heterocycles. The van der Waals surface area contributed by atoms with Crippen LogP contribution in [-0.2, 0) is 0 Å². The van der Waals surface area contributed by atoms with Crippen molar-refractivity contribution < 1.29 is 0 Å². The van der Waals surface area contributed by atoms with Crippen LogP contribution in [-0.4, -0.2) is 36.6 Å². The van der Waals surface area contributed by atoms with Gasteiger partial charge >= 0.3 is 0 Å². The van der Waals surface area contributed by atoms with E-state index in [9.17, 15) is 0 Å². The molecule has 2 saturated carbocycles. The number of rotatable bonds is 5. The minimum absolute atomic E-state index is 0.850. The Morgan fingerprint density at radius 2 is 1.88 bits per heavy atom. The lowest BCUT2D eigenvalue weighted by molar-refractivity contribution is 0.184. The molecule has 2 unspecified atom stereocenters. The van der Waals surface area contributed by atoms with Crippen LogP contribution in [0, 0.1) is 11.8 Å². The Labute approximate surface area is 106 Å². The molecular weight excluding hydrogens is 208 g/mol. The highest BCUT2D eigenvalue weighted by molar-refractivity contribution is 4.88. The molecule has 2 heteroatoms. The van der Waals surface area contributed by atoms with Crippen LogP contribution in [0.25, 0.3) is 0 Å². The highest BCUT2D eigenvalue weighted by Gasteiger charge is 2.32. The molecule has 0 aromatic carbocycles. The van der Waals surface area contributed by atoms with Crippen LogP contribution in [0.5, 0.6) is 0 Å². The number of hydrogen-bond donors (Lipinski definition) is 1. The minimum Gasteiger partial charge on any atom is -0.314 e. The van der Waals surface area contributed by atoms with Gasteiger partial charge in [0.25, 0.3) is 0 Å². The number of likely N-dealkylation sites (tertiary alicyclic amines) is 1. The van der Waals surface area contributed by atoms with Gasteiger partial charge in [-0.25, -0.2) is 0 Å². The minimum atomic E-state index is 0.850. The fraction of sp³-hybridized carbons (Fsp3) is 1.00. The maximum atomic E-state index is 3.70. The van der Waals surface area contributed by atoms with Crippen LogP contribution in [0.2, 0.25) is 0 Å². The Hall–Kier alpha value is -0.0800. The molecule has 3 fully saturated rings. The van der Waals surface area contributed by atoms with E-state index in [1.54, 1.807) is 0 Å². The summed E-state index contributed by atoms with van der Waals surface area (Å²) in [6.07, 6.45) is 10.2. The average molecular weight is 236 g/mol. The predicted octanol–water partition coefficient (Wildman–Crippen LogP) is 2.64. The van der Waals surface area contributed by atoms with E-state index in [4.69, 9.17) is 0 Å². The van der Waals surface area contributed by atoms with Gasteiger partial charge < -0.3 is 10.2 Å². The molecule has 98 valence electrons. The molecule has 2 nitrogen and oxygen atoms in total. The standard InChI is InChI=1S/C15H28N2/c1-12(14-4-2-3-5-14)17-9-8-13(11-17)10-16-15-6-7-15/h12-16H,2-11H2,1H3. The normalized spacial score (nSPS) is 33.4. The summed E-state index contributed by atoms with van der Waals surface area (Å²) in [4.78, 5) is 2.77. The van der Waals surface area contributed by atoms with Gasteiger partial charge in [-0.05, 0) is 64.0 Å². The zero-order valence-corrected chi connectivity index (χ0v) is 11.3. The Bertz CT molecular complexity index is 243. The van der Waals surface area contributed by atoms with E-state index in [1.165, 1.54) is 64.6 Å². The van der Waals surface area contributed by atoms with Crippen molar-refractivity contribution in [3.63, 3.8) is 0 Å². The predicted molar refractivity (Wildman–Crippen MR) is 72.1 cm³/mol. The summed E-state index contributed by atoms with van der Waals surface area (Å²) >= 11 is 0. The van der Waals surface area contributed by atoms with Crippen molar-refractivity contribution >= 4 is 0 Å². The summed E-state index contributed by atoms with van der Waals surface area (Å²) < 4.78 is 0. The maximum absolute atomic E-state index is 3.70. The number of nitrogens with one attached hydrogen (secondary N) is 1. The van der Waals surface area contributed by atoms with E-state index in [1.807, 2.05) is 0 Å². The summed E-state index contributed by atoms with van der Waals surface area (Å²) in [5.41, 5.74) is 0. The van der Waals surface area contributed by atoms with E-state index in [2.05, 4.69) is 17.1 Å². The first-order valence-corrected chi connectivity index (χ1v) is 7.80. The Balaban J connectivity index is 1.42. The molecule has 0 bridgehead atoms. The fourth-order valence-corrected chi connectivity index (χ4v) is 3.76. The molecule has 1 N–H and O–H groups in total. The van der Waals surface area contributed by atoms with Crippen molar-refractivity contribution in [1.29, 1.82) is 0 Å². The van der Waals surface area contributed by atoms with E-state index in [0.717, 1.165) is 23.9 Å². The van der Waals surface area contributed by atoms with Gasteiger partial charge in [0, 0.05) is 18.6 Å². The highest BCUT2D eigenvalue weighted by Crippen LogP contribution is 2.32. The third-order valence-corrected chi connectivity index (χ3v) is 5.25. The highest BCUT2D eigenvalue weighted by atomic mass is 15.2. The first-order chi connectivity index (χ1) is 8.33. The largest absolute Gasteiger partial charge is 0.314 e. The van der Waals surface area contributed by atoms with Crippen LogP contribution in [0.3, 0.4) is 0 Å². The molecule has 1 heterocycles. The van der Waals surface area contributed by atoms with Gasteiger partial charge in [-0.15, -0.1) is 0 Å². The van der Waals surface area contributed by atoms with E-state index >= 15 is 0 Å². The van der Waals surface area contributed by atoms with Gasteiger partial charge in [-0.2, -0.15) is 0 Å². The first-order valence-electron chi connectivity index (χ1n) is 7.80. The maximum Gasteiger partial charge on any atom is 0.00953 e. The van der Waals surface area contributed by atoms with E-state index < -0.39 is 0 Å². The Morgan fingerprint density at radius 1 is 1.12 bits per heavy atom. The van der Waals surface area contributed by atoms with Crippen LogP contribution in [0.15, 0.2) is 0 Å². The Kier molecular flexibility index (Phi) is 3.72. The van der Waals surface area contributed by atoms with Crippen molar-refractivity contribution in [3.05, 3.63) is 0 Å². The smallest absolute Gasteiger partial charge is 0.00953 e. The molecular formula is C15H28N2. The summed E-state index contributed by atoms with van der Waals surface area (Å²) in [6.45, 7) is 6.47. The van der Waals surface area contributed by atoms with Crippen molar-refractivity contribution in [2.45, 2.75) is 64.0 Å². The monoisotopic (exact) mass is 236 g/mol. The quantitative estimate of drug-likeness (QED) is 0.789. The van der Waals surface area contributed by atoms with Crippen LogP contribution in [0.4, 0.5) is 0 Å². The molecule has 0 radical (unpaired) electrons. The fourth-order valence-electron chi connectivity index (χ4n) is 3.76. The van der Waals surface area contributed by atoms with Crippen LogP contribution < -0.4 is 5.32 Å². The van der Waals surface area contributed by atoms with Gasteiger partial charge in [0.15, 0.2) is 0 Å². The molecule has 2 aliphatic carbocycles. The molecule has 3 rings (SSSR count). The molecule has 0 amide bonds. The molecule has 0 spiro atoms. The lowest BCUT2D eigenvalue weighted by atomic mass is 9.98. The van der Waals surface area contributed by atoms with Crippen molar-refractivity contribution in [2.24, 2.45) is 11.8 Å². The topological polar surface area (TPSA) is 15.3 Å². The van der Waals surface area contributed by atoms with Gasteiger partial charge in [-0.1, -0.05) is 12.8 Å². The second-order valence-corrected chi connectivity index (χ2v) is 6.62. The third-order valence-electron chi connectivity index (χ3n) is 5.25. The molecule has 0 aromatic rings. The van der Waals surface area contributed by atoms with Gasteiger partial charge in [0.1, 0.15) is 0 Å². The second-order valence-electron chi connectivity index (χ2n) is 6.62. The number of nitrogens with zero attached hydrogens (tertiary/aromatic N) is 1. The second kappa shape index (κ2) is 5.27. The molecule has 3 aliphatic rings.